The van der Waals surface area contributed by atoms with E-state index in [1.165, 1.54) is 44.1 Å². The monoisotopic (exact) mass is 857 g/mol. The number of aryl methyl sites for hydroxylation is 1. The van der Waals surface area contributed by atoms with Gasteiger partial charge in [0.15, 0.2) is 0 Å². The molecule has 1 saturated heterocycles. The Balaban J connectivity index is 0.834. The average Bonchev–Trinajstić information content (AvgIpc) is 3.52. The third-order valence-electron chi connectivity index (χ3n) is 9.87. The number of fused-ring (bicyclic) bond motifs is 1. The molecule has 0 bridgehead atoms. The molecule has 2 aromatic carbocycles. The van der Waals surface area contributed by atoms with E-state index in [0.717, 1.165) is 17.1 Å². The summed E-state index contributed by atoms with van der Waals surface area (Å²) in [5, 5.41) is 5.34. The molecule has 1 atom stereocenters. The summed E-state index contributed by atoms with van der Waals surface area (Å²) in [5.41, 5.74) is 2.28. The quantitative estimate of drug-likeness (QED) is 0.0711. The smallest absolute Gasteiger partial charge is 0.264 e. The van der Waals surface area contributed by atoms with Gasteiger partial charge in [-0.3, -0.25) is 29.4 Å². The van der Waals surface area contributed by atoms with Gasteiger partial charge in [0.1, 0.15) is 18.4 Å². The number of unbranched alkanes of at least 4 members (excludes halogenated alkanes) is 5. The first kappa shape index (κ1) is 49.7. The Morgan fingerprint density at radius 3 is 1.64 bits per heavy atom. The number of piperidine rings is 1. The molecule has 2 N–H and O–H groups in total. The molecule has 2 aliphatic rings. The molecule has 2 aromatic rings. The van der Waals surface area contributed by atoms with Crippen LogP contribution >= 0.6 is 0 Å². The summed E-state index contributed by atoms with van der Waals surface area (Å²) in [7, 11) is 0. The lowest BCUT2D eigenvalue weighted by molar-refractivity contribution is -0.136. The summed E-state index contributed by atoms with van der Waals surface area (Å²) in [5.74, 6) is -1.29. The van der Waals surface area contributed by atoms with E-state index >= 15 is 0 Å². The predicted octanol–water partition coefficient (Wildman–Crippen LogP) is 4.61. The highest BCUT2D eigenvalue weighted by Crippen LogP contribution is 2.32. The van der Waals surface area contributed by atoms with Crippen LogP contribution in [0.3, 0.4) is 0 Å². The van der Waals surface area contributed by atoms with Crippen molar-refractivity contribution in [2.75, 3.05) is 124 Å². The number of rotatable bonds is 37. The van der Waals surface area contributed by atoms with Crippen LogP contribution in [-0.2, 0) is 53.9 Å². The number of anilines is 1. The van der Waals surface area contributed by atoms with E-state index in [2.05, 4.69) is 29.7 Å². The van der Waals surface area contributed by atoms with E-state index < -0.39 is 29.7 Å². The SMILES string of the molecule is CCCCCCCCc1ccc(OCCOCCOCCOCCOCCOCCOCCOCCOCCNc2cccc3c2C(=O)N(C2CCC(=O)NC2=O)C3=O)cc1. The molecule has 340 valence electrons. The Morgan fingerprint density at radius 1 is 0.590 bits per heavy atom. The van der Waals surface area contributed by atoms with E-state index in [9.17, 15) is 19.2 Å². The van der Waals surface area contributed by atoms with Gasteiger partial charge in [0.2, 0.25) is 11.8 Å². The second kappa shape index (κ2) is 30.9. The standard InChI is InChI=1S/C45H67N3O13/c1-2-3-4-5-6-7-9-36-12-14-37(15-13-36)61-35-34-60-33-32-59-31-30-58-29-28-57-27-26-56-25-24-55-23-22-54-21-20-53-19-18-46-39-11-8-10-38-42(39)45(52)48(44(38)51)40-16-17-41(49)47-43(40)50/h8,10-15,40,46H,2-7,9,16-35H2,1H3,(H,47,49,50). The molecule has 16 heteroatoms. The van der Waals surface area contributed by atoms with Crippen LogP contribution in [0.1, 0.15) is 84.6 Å². The molecule has 0 radical (unpaired) electrons. The lowest BCUT2D eigenvalue weighted by Crippen LogP contribution is -2.54. The van der Waals surface area contributed by atoms with Crippen LogP contribution in [0.15, 0.2) is 42.5 Å². The Hall–Kier alpha value is -4.00. The van der Waals surface area contributed by atoms with Crippen molar-refractivity contribution in [3.63, 3.8) is 0 Å². The number of imide groups is 2. The molecule has 4 rings (SSSR count). The lowest BCUT2D eigenvalue weighted by Gasteiger charge is -2.27. The van der Waals surface area contributed by atoms with Crippen LogP contribution in [0.4, 0.5) is 5.69 Å². The zero-order valence-corrected chi connectivity index (χ0v) is 36.0. The summed E-state index contributed by atoms with van der Waals surface area (Å²) >= 11 is 0. The Bertz CT molecular complexity index is 1560. The molecular formula is C45H67N3O13. The van der Waals surface area contributed by atoms with Crippen molar-refractivity contribution in [1.82, 2.24) is 10.2 Å². The average molecular weight is 858 g/mol. The number of hydrogen-bond donors (Lipinski definition) is 2. The first-order valence-corrected chi connectivity index (χ1v) is 21.9. The van der Waals surface area contributed by atoms with Crippen LogP contribution in [0.25, 0.3) is 0 Å². The highest BCUT2D eigenvalue weighted by Gasteiger charge is 2.45. The third-order valence-corrected chi connectivity index (χ3v) is 9.87. The van der Waals surface area contributed by atoms with Crippen molar-refractivity contribution in [2.24, 2.45) is 0 Å². The first-order chi connectivity index (χ1) is 30.0. The van der Waals surface area contributed by atoms with Crippen LogP contribution in [0, 0.1) is 0 Å². The molecule has 1 fully saturated rings. The maximum Gasteiger partial charge on any atom is 0.264 e. The predicted molar refractivity (Wildman–Crippen MR) is 227 cm³/mol. The molecule has 0 aliphatic carbocycles. The molecule has 1 unspecified atom stereocenters. The van der Waals surface area contributed by atoms with Crippen molar-refractivity contribution in [3.8, 4) is 5.75 Å². The van der Waals surface area contributed by atoms with Crippen LogP contribution in [0.5, 0.6) is 5.75 Å². The van der Waals surface area contributed by atoms with Gasteiger partial charge in [-0.2, -0.15) is 0 Å². The van der Waals surface area contributed by atoms with E-state index in [0.29, 0.717) is 125 Å². The highest BCUT2D eigenvalue weighted by atomic mass is 16.6. The van der Waals surface area contributed by atoms with Crippen molar-refractivity contribution in [1.29, 1.82) is 0 Å². The maximum absolute atomic E-state index is 13.2. The number of ether oxygens (including phenoxy) is 9. The van der Waals surface area contributed by atoms with Gasteiger partial charge in [0.05, 0.1) is 117 Å². The summed E-state index contributed by atoms with van der Waals surface area (Å²) in [6, 6.07) is 12.3. The van der Waals surface area contributed by atoms with E-state index in [4.69, 9.17) is 42.6 Å². The van der Waals surface area contributed by atoms with E-state index in [-0.39, 0.29) is 24.0 Å². The fourth-order valence-electron chi connectivity index (χ4n) is 6.64. The second-order valence-corrected chi connectivity index (χ2v) is 14.5. The minimum absolute atomic E-state index is 0.0667. The number of carbonyl (C=O) groups is 4. The maximum atomic E-state index is 13.2. The van der Waals surface area contributed by atoms with Gasteiger partial charge < -0.3 is 47.9 Å². The largest absolute Gasteiger partial charge is 0.491 e. The number of benzene rings is 2. The summed E-state index contributed by atoms with van der Waals surface area (Å²) < 4.78 is 50.2. The van der Waals surface area contributed by atoms with Gasteiger partial charge >= 0.3 is 0 Å². The van der Waals surface area contributed by atoms with E-state index in [1.54, 1.807) is 18.2 Å². The summed E-state index contributed by atoms with van der Waals surface area (Å²) in [4.78, 5) is 50.9. The summed E-state index contributed by atoms with van der Waals surface area (Å²) in [6.45, 7) is 10.4. The van der Waals surface area contributed by atoms with Crippen molar-refractivity contribution < 1.29 is 61.8 Å². The molecule has 4 amide bonds. The molecule has 16 nitrogen and oxygen atoms in total. The highest BCUT2D eigenvalue weighted by molar-refractivity contribution is 6.25. The molecule has 0 aromatic heterocycles. The first-order valence-electron chi connectivity index (χ1n) is 21.9. The Morgan fingerprint density at radius 2 is 1.10 bits per heavy atom. The van der Waals surface area contributed by atoms with Crippen LogP contribution in [0.2, 0.25) is 0 Å². The molecule has 2 aliphatic heterocycles. The van der Waals surface area contributed by atoms with Gasteiger partial charge in [-0.25, -0.2) is 0 Å². The zero-order chi connectivity index (χ0) is 43.2. The zero-order valence-electron chi connectivity index (χ0n) is 36.0. The van der Waals surface area contributed by atoms with Gasteiger partial charge in [-0.15, -0.1) is 0 Å². The summed E-state index contributed by atoms with van der Waals surface area (Å²) in [6.07, 6.45) is 9.18. The molecular weight excluding hydrogens is 791 g/mol. The van der Waals surface area contributed by atoms with E-state index in [1.807, 2.05) is 12.1 Å². The molecule has 0 saturated carbocycles. The van der Waals surface area contributed by atoms with Crippen LogP contribution < -0.4 is 15.4 Å². The molecule has 0 spiro atoms. The van der Waals surface area contributed by atoms with Gasteiger partial charge in [0, 0.05) is 18.7 Å². The lowest BCUT2D eigenvalue weighted by atomic mass is 10.0. The number of nitrogens with zero attached hydrogens (tertiary/aromatic N) is 1. The third kappa shape index (κ3) is 19.3. The topological polar surface area (TPSA) is 179 Å². The number of amides is 4. The number of carbonyl (C=O) groups excluding carboxylic acids is 4. The Kier molecular flexibility index (Phi) is 25.2. The minimum Gasteiger partial charge on any atom is -0.491 e. The fraction of sp³-hybridized carbons (Fsp3) is 0.644. The van der Waals surface area contributed by atoms with Crippen molar-refractivity contribution >= 4 is 29.3 Å². The minimum atomic E-state index is -1.01. The number of nitrogens with one attached hydrogen (secondary N) is 2. The van der Waals surface area contributed by atoms with Gasteiger partial charge in [-0.1, -0.05) is 57.2 Å². The molecule has 61 heavy (non-hydrogen) atoms. The second-order valence-electron chi connectivity index (χ2n) is 14.5. The van der Waals surface area contributed by atoms with Crippen LogP contribution in [-0.4, -0.2) is 153 Å². The normalized spacial score (nSPS) is 15.1. The number of hydrogen-bond acceptors (Lipinski definition) is 14. The van der Waals surface area contributed by atoms with Gasteiger partial charge in [-0.05, 0) is 49.1 Å². The fourth-order valence-corrected chi connectivity index (χ4v) is 6.64. The van der Waals surface area contributed by atoms with Crippen molar-refractivity contribution in [3.05, 3.63) is 59.2 Å². The Labute approximate surface area is 360 Å². The molecule has 2 heterocycles. The van der Waals surface area contributed by atoms with Crippen molar-refractivity contribution in [2.45, 2.75) is 70.8 Å². The van der Waals surface area contributed by atoms with Gasteiger partial charge in [0.25, 0.3) is 11.8 Å².